The Balaban J connectivity index is 0.00000341. The minimum absolute atomic E-state index is 0. The lowest BCUT2D eigenvalue weighted by Gasteiger charge is -2.22. The number of nitrogens with zero attached hydrogens (tertiary/aromatic N) is 1. The molecule has 0 saturated carbocycles. The average Bonchev–Trinajstić information content (AvgIpc) is 3.26. The lowest BCUT2D eigenvalue weighted by atomic mass is 10.1. The first kappa shape index (κ1) is 26.2. The third kappa shape index (κ3) is 9.51. The first-order valence-corrected chi connectivity index (χ1v) is 11.3. The van der Waals surface area contributed by atoms with Crippen LogP contribution in [0.5, 0.6) is 5.75 Å². The van der Waals surface area contributed by atoms with Crippen LogP contribution in [0.1, 0.15) is 43.7 Å². The standard InChI is InChI=1S/C23H37N3O4.HI/c1-3-24-23(25-10-4-11-29-20-7-12-27-13-8-20)26-16-19-6-5-18(2)15-22(19)30-21-9-14-28-17-21;/h5-6,15,20-21H,3-4,7-14,16-17H2,1-2H3,(H2,24,25,26);1H. The molecular weight excluding hydrogens is 509 g/mol. The molecule has 1 atom stereocenters. The van der Waals surface area contributed by atoms with E-state index in [9.17, 15) is 0 Å². The Kier molecular flexibility index (Phi) is 12.5. The van der Waals surface area contributed by atoms with Gasteiger partial charge >= 0.3 is 0 Å². The first-order valence-electron chi connectivity index (χ1n) is 11.3. The highest BCUT2D eigenvalue weighted by molar-refractivity contribution is 14.0. The number of rotatable bonds is 10. The lowest BCUT2D eigenvalue weighted by molar-refractivity contribution is -0.0320. The maximum absolute atomic E-state index is 6.19. The number of guanidine groups is 1. The van der Waals surface area contributed by atoms with Crippen LogP contribution in [0.4, 0.5) is 0 Å². The molecule has 2 fully saturated rings. The molecule has 2 saturated heterocycles. The van der Waals surface area contributed by atoms with E-state index in [1.165, 1.54) is 5.56 Å². The molecule has 2 aliphatic heterocycles. The summed E-state index contributed by atoms with van der Waals surface area (Å²) in [5.41, 5.74) is 2.28. The van der Waals surface area contributed by atoms with Crippen molar-refractivity contribution in [1.82, 2.24) is 10.6 Å². The Morgan fingerprint density at radius 3 is 2.61 bits per heavy atom. The molecule has 2 heterocycles. The summed E-state index contributed by atoms with van der Waals surface area (Å²) in [5.74, 6) is 1.73. The highest BCUT2D eigenvalue weighted by Crippen LogP contribution is 2.24. The van der Waals surface area contributed by atoms with Gasteiger partial charge in [-0.2, -0.15) is 0 Å². The predicted molar refractivity (Wildman–Crippen MR) is 134 cm³/mol. The molecule has 7 nitrogen and oxygen atoms in total. The molecule has 2 aliphatic rings. The smallest absolute Gasteiger partial charge is 0.191 e. The van der Waals surface area contributed by atoms with Gasteiger partial charge in [-0.25, -0.2) is 4.99 Å². The van der Waals surface area contributed by atoms with Crippen molar-refractivity contribution in [2.24, 2.45) is 4.99 Å². The summed E-state index contributed by atoms with van der Waals surface area (Å²) in [7, 11) is 0. The molecule has 2 N–H and O–H groups in total. The second-order valence-electron chi connectivity index (χ2n) is 7.87. The normalized spacial score (nSPS) is 19.7. The fourth-order valence-electron chi connectivity index (χ4n) is 3.57. The highest BCUT2D eigenvalue weighted by Gasteiger charge is 2.19. The number of benzene rings is 1. The van der Waals surface area contributed by atoms with Gasteiger partial charge in [-0.3, -0.25) is 0 Å². The fraction of sp³-hybridized carbons (Fsp3) is 0.696. The van der Waals surface area contributed by atoms with Crippen LogP contribution in [0.25, 0.3) is 0 Å². The highest BCUT2D eigenvalue weighted by atomic mass is 127. The molecular formula is C23H38IN3O4. The molecule has 0 spiro atoms. The first-order chi connectivity index (χ1) is 14.7. The average molecular weight is 547 g/mol. The zero-order valence-electron chi connectivity index (χ0n) is 18.9. The minimum atomic E-state index is 0. The van der Waals surface area contributed by atoms with Crippen LogP contribution in [-0.2, 0) is 20.8 Å². The zero-order valence-corrected chi connectivity index (χ0v) is 21.2. The van der Waals surface area contributed by atoms with Crippen molar-refractivity contribution in [2.45, 2.75) is 58.3 Å². The monoisotopic (exact) mass is 547 g/mol. The van der Waals surface area contributed by atoms with Crippen LogP contribution >= 0.6 is 24.0 Å². The van der Waals surface area contributed by atoms with Crippen molar-refractivity contribution in [3.8, 4) is 5.75 Å². The Labute approximate surface area is 203 Å². The predicted octanol–water partition coefficient (Wildman–Crippen LogP) is 3.42. The van der Waals surface area contributed by atoms with Gasteiger partial charge in [0.15, 0.2) is 5.96 Å². The van der Waals surface area contributed by atoms with Crippen molar-refractivity contribution >= 4 is 29.9 Å². The largest absolute Gasteiger partial charge is 0.488 e. The van der Waals surface area contributed by atoms with Crippen LogP contribution in [0.15, 0.2) is 23.2 Å². The molecule has 0 aromatic heterocycles. The van der Waals surface area contributed by atoms with E-state index < -0.39 is 0 Å². The summed E-state index contributed by atoms with van der Waals surface area (Å²) < 4.78 is 22.9. The summed E-state index contributed by atoms with van der Waals surface area (Å²) in [5, 5.41) is 6.72. The van der Waals surface area contributed by atoms with Crippen LogP contribution in [0.2, 0.25) is 0 Å². The molecule has 176 valence electrons. The van der Waals surface area contributed by atoms with Crippen LogP contribution in [-0.4, -0.2) is 64.3 Å². The number of hydrogen-bond donors (Lipinski definition) is 2. The van der Waals surface area contributed by atoms with Crippen LogP contribution in [0.3, 0.4) is 0 Å². The van der Waals surface area contributed by atoms with Gasteiger partial charge in [-0.1, -0.05) is 12.1 Å². The van der Waals surface area contributed by atoms with Gasteiger partial charge in [0.05, 0.1) is 25.9 Å². The van der Waals surface area contributed by atoms with Gasteiger partial charge in [0, 0.05) is 44.9 Å². The molecule has 1 aromatic rings. The maximum atomic E-state index is 6.19. The Morgan fingerprint density at radius 2 is 1.87 bits per heavy atom. The van der Waals surface area contributed by atoms with Gasteiger partial charge in [0.2, 0.25) is 0 Å². The Bertz CT molecular complexity index is 662. The molecule has 3 rings (SSSR count). The summed E-state index contributed by atoms with van der Waals surface area (Å²) in [6.45, 7) is 10.2. The topological polar surface area (TPSA) is 73.3 Å². The van der Waals surface area contributed by atoms with Crippen molar-refractivity contribution in [1.29, 1.82) is 0 Å². The van der Waals surface area contributed by atoms with Crippen LogP contribution in [0, 0.1) is 6.92 Å². The number of ether oxygens (including phenoxy) is 4. The molecule has 0 amide bonds. The second kappa shape index (κ2) is 14.9. The molecule has 0 radical (unpaired) electrons. The van der Waals surface area contributed by atoms with E-state index in [0.29, 0.717) is 19.3 Å². The Hall–Kier alpha value is -1.10. The van der Waals surface area contributed by atoms with E-state index in [1.54, 1.807) is 0 Å². The third-order valence-electron chi connectivity index (χ3n) is 5.29. The SMILES string of the molecule is CCNC(=NCc1ccc(C)cc1OC1CCOC1)NCCCOC1CCOCC1.I. The molecule has 8 heteroatoms. The maximum Gasteiger partial charge on any atom is 0.191 e. The number of aryl methyl sites for hydroxylation is 1. The number of nitrogens with one attached hydrogen (secondary N) is 2. The van der Waals surface area contributed by atoms with Crippen molar-refractivity contribution < 1.29 is 18.9 Å². The number of hydrogen-bond acceptors (Lipinski definition) is 5. The second-order valence-corrected chi connectivity index (χ2v) is 7.87. The van der Waals surface area contributed by atoms with Gasteiger partial charge in [0.25, 0.3) is 0 Å². The third-order valence-corrected chi connectivity index (χ3v) is 5.29. The van der Waals surface area contributed by atoms with Gasteiger partial charge < -0.3 is 29.6 Å². The lowest BCUT2D eigenvalue weighted by Crippen LogP contribution is -2.38. The molecule has 0 bridgehead atoms. The van der Waals surface area contributed by atoms with Gasteiger partial charge in [-0.15, -0.1) is 24.0 Å². The summed E-state index contributed by atoms with van der Waals surface area (Å²) in [6, 6.07) is 6.31. The van der Waals surface area contributed by atoms with E-state index in [0.717, 1.165) is 82.5 Å². The number of halogens is 1. The van der Waals surface area contributed by atoms with Crippen molar-refractivity contribution in [2.75, 3.05) is 46.1 Å². The molecule has 0 aliphatic carbocycles. The summed E-state index contributed by atoms with van der Waals surface area (Å²) >= 11 is 0. The molecule has 1 aromatic carbocycles. The van der Waals surface area contributed by atoms with E-state index in [4.69, 9.17) is 23.9 Å². The minimum Gasteiger partial charge on any atom is -0.488 e. The van der Waals surface area contributed by atoms with E-state index in [-0.39, 0.29) is 30.1 Å². The number of aliphatic imine (C=N–C) groups is 1. The summed E-state index contributed by atoms with van der Waals surface area (Å²) in [4.78, 5) is 4.76. The van der Waals surface area contributed by atoms with Crippen LogP contribution < -0.4 is 15.4 Å². The quantitative estimate of drug-likeness (QED) is 0.203. The van der Waals surface area contributed by atoms with E-state index in [2.05, 4.69) is 42.7 Å². The van der Waals surface area contributed by atoms with E-state index >= 15 is 0 Å². The fourth-order valence-corrected chi connectivity index (χ4v) is 3.57. The van der Waals surface area contributed by atoms with Crippen molar-refractivity contribution in [3.63, 3.8) is 0 Å². The Morgan fingerprint density at radius 1 is 1.10 bits per heavy atom. The zero-order chi connectivity index (χ0) is 21.0. The van der Waals surface area contributed by atoms with Crippen molar-refractivity contribution in [3.05, 3.63) is 29.3 Å². The van der Waals surface area contributed by atoms with Gasteiger partial charge in [0.1, 0.15) is 11.9 Å². The molecule has 31 heavy (non-hydrogen) atoms. The van der Waals surface area contributed by atoms with Gasteiger partial charge in [-0.05, 0) is 44.7 Å². The summed E-state index contributed by atoms with van der Waals surface area (Å²) in [6.07, 6.45) is 4.39. The van der Waals surface area contributed by atoms with E-state index in [1.807, 2.05) is 0 Å². The molecule has 1 unspecified atom stereocenters.